The molecule has 1 saturated heterocycles. The van der Waals surface area contributed by atoms with E-state index in [-0.39, 0.29) is 24.1 Å². The number of ether oxygens (including phenoxy) is 1. The number of likely N-dealkylation sites (tertiary alicyclic amines) is 1. The number of rotatable bonds is 6. The molecule has 0 unspecified atom stereocenters. The third-order valence-electron chi connectivity index (χ3n) is 4.68. The molecule has 9 heteroatoms. The lowest BCUT2D eigenvalue weighted by Gasteiger charge is -2.25. The number of nitrogens with zero attached hydrogens (tertiary/aromatic N) is 2. The minimum absolute atomic E-state index is 0.104. The summed E-state index contributed by atoms with van der Waals surface area (Å²) < 4.78 is 44.5. The van der Waals surface area contributed by atoms with Crippen LogP contribution in [-0.4, -0.2) is 40.7 Å². The number of benzene rings is 2. The van der Waals surface area contributed by atoms with Crippen molar-refractivity contribution in [1.82, 2.24) is 4.90 Å². The number of alkyl halides is 3. The van der Waals surface area contributed by atoms with Gasteiger partial charge in [0, 0.05) is 25.2 Å². The molecule has 6 nitrogen and oxygen atoms in total. The smallest absolute Gasteiger partial charge is 0.416 e. The van der Waals surface area contributed by atoms with Crippen molar-refractivity contribution in [2.24, 2.45) is 0 Å². The summed E-state index contributed by atoms with van der Waals surface area (Å²) in [7, 11) is 0. The van der Waals surface area contributed by atoms with Crippen LogP contribution in [0.3, 0.4) is 0 Å². The van der Waals surface area contributed by atoms with Crippen molar-refractivity contribution in [3.63, 3.8) is 0 Å². The molecule has 1 aliphatic rings. The molecule has 0 saturated carbocycles. The van der Waals surface area contributed by atoms with E-state index in [1.165, 1.54) is 24.3 Å². The summed E-state index contributed by atoms with van der Waals surface area (Å²) >= 11 is 0. The SMILES string of the molecule is O=[N+]([O-])c1ccccc1OCCN1C[C@@H](O)C[C@@H]1c1cccc(C(F)(F)F)c1. The molecule has 2 aromatic rings. The van der Waals surface area contributed by atoms with Gasteiger partial charge in [0.2, 0.25) is 0 Å². The fourth-order valence-corrected chi connectivity index (χ4v) is 3.40. The van der Waals surface area contributed by atoms with E-state index in [0.29, 0.717) is 25.1 Å². The first-order valence-corrected chi connectivity index (χ1v) is 8.71. The highest BCUT2D eigenvalue weighted by Gasteiger charge is 2.35. The number of nitro groups is 1. The highest BCUT2D eigenvalue weighted by Crippen LogP contribution is 2.36. The second-order valence-corrected chi connectivity index (χ2v) is 6.60. The molecule has 0 aromatic heterocycles. The molecule has 1 N–H and O–H groups in total. The number of aliphatic hydroxyl groups is 1. The van der Waals surface area contributed by atoms with Gasteiger partial charge < -0.3 is 9.84 Å². The molecule has 3 rings (SSSR count). The lowest BCUT2D eigenvalue weighted by Crippen LogP contribution is -2.29. The second kappa shape index (κ2) is 8.15. The highest BCUT2D eigenvalue weighted by atomic mass is 19.4. The van der Waals surface area contributed by atoms with Crippen molar-refractivity contribution in [2.75, 3.05) is 19.7 Å². The number of para-hydroxylation sites is 2. The summed E-state index contributed by atoms with van der Waals surface area (Å²) in [5, 5.41) is 21.0. The van der Waals surface area contributed by atoms with Gasteiger partial charge in [-0.15, -0.1) is 0 Å². The van der Waals surface area contributed by atoms with Gasteiger partial charge >= 0.3 is 11.9 Å². The maximum absolute atomic E-state index is 13.0. The summed E-state index contributed by atoms with van der Waals surface area (Å²) in [6.07, 6.45) is -4.79. The molecule has 0 aliphatic carbocycles. The van der Waals surface area contributed by atoms with Gasteiger partial charge in [-0.2, -0.15) is 13.2 Å². The molecule has 2 aromatic carbocycles. The quantitative estimate of drug-likeness (QED) is 0.594. The van der Waals surface area contributed by atoms with E-state index < -0.39 is 22.8 Å². The van der Waals surface area contributed by atoms with Crippen molar-refractivity contribution in [3.8, 4) is 5.75 Å². The van der Waals surface area contributed by atoms with Crippen molar-refractivity contribution < 1.29 is 27.9 Å². The number of nitro benzene ring substituents is 1. The number of halogens is 3. The Labute approximate surface area is 159 Å². The Morgan fingerprint density at radius 1 is 1.21 bits per heavy atom. The van der Waals surface area contributed by atoms with E-state index in [9.17, 15) is 28.4 Å². The predicted octanol–water partition coefficient (Wildman–Crippen LogP) is 3.80. The molecular formula is C19H19F3N2O4. The maximum Gasteiger partial charge on any atom is 0.416 e. The van der Waals surface area contributed by atoms with Crippen molar-refractivity contribution >= 4 is 5.69 Å². The Morgan fingerprint density at radius 3 is 2.68 bits per heavy atom. The van der Waals surface area contributed by atoms with E-state index in [0.717, 1.165) is 12.1 Å². The molecule has 28 heavy (non-hydrogen) atoms. The van der Waals surface area contributed by atoms with Crippen LogP contribution in [0.1, 0.15) is 23.6 Å². The monoisotopic (exact) mass is 396 g/mol. The van der Waals surface area contributed by atoms with Crippen LogP contribution in [0.4, 0.5) is 18.9 Å². The van der Waals surface area contributed by atoms with Gasteiger partial charge in [-0.1, -0.05) is 24.3 Å². The second-order valence-electron chi connectivity index (χ2n) is 6.60. The molecule has 0 radical (unpaired) electrons. The lowest BCUT2D eigenvalue weighted by molar-refractivity contribution is -0.385. The Hall–Kier alpha value is -2.65. The van der Waals surface area contributed by atoms with E-state index in [4.69, 9.17) is 4.74 Å². The lowest BCUT2D eigenvalue weighted by atomic mass is 10.0. The Kier molecular flexibility index (Phi) is 5.85. The van der Waals surface area contributed by atoms with Crippen LogP contribution in [0.25, 0.3) is 0 Å². The molecule has 0 amide bonds. The van der Waals surface area contributed by atoms with Crippen LogP contribution in [0, 0.1) is 10.1 Å². The zero-order chi connectivity index (χ0) is 20.3. The Bertz CT molecular complexity index is 844. The highest BCUT2D eigenvalue weighted by molar-refractivity contribution is 5.45. The zero-order valence-corrected chi connectivity index (χ0v) is 14.8. The third-order valence-corrected chi connectivity index (χ3v) is 4.68. The van der Waals surface area contributed by atoms with Gasteiger partial charge in [0.05, 0.1) is 16.6 Å². The zero-order valence-electron chi connectivity index (χ0n) is 14.8. The van der Waals surface area contributed by atoms with Gasteiger partial charge in [-0.3, -0.25) is 15.0 Å². The number of hydrogen-bond acceptors (Lipinski definition) is 5. The Balaban J connectivity index is 1.69. The summed E-state index contributed by atoms with van der Waals surface area (Å²) in [4.78, 5) is 12.3. The first-order chi connectivity index (χ1) is 13.3. The van der Waals surface area contributed by atoms with Crippen LogP contribution in [-0.2, 0) is 6.18 Å². The molecule has 2 atom stereocenters. The molecular weight excluding hydrogens is 377 g/mol. The topological polar surface area (TPSA) is 75.8 Å². The fourth-order valence-electron chi connectivity index (χ4n) is 3.40. The largest absolute Gasteiger partial charge is 0.485 e. The van der Waals surface area contributed by atoms with Crippen molar-refractivity contribution in [1.29, 1.82) is 0 Å². The number of β-amino-alcohol motifs (C(OH)–C–C–N with tert-alkyl or cyclic N) is 1. The van der Waals surface area contributed by atoms with Gasteiger partial charge in [-0.05, 0) is 30.2 Å². The molecule has 1 aliphatic heterocycles. The van der Waals surface area contributed by atoms with Crippen LogP contribution >= 0.6 is 0 Å². The molecule has 1 heterocycles. The minimum Gasteiger partial charge on any atom is -0.485 e. The molecule has 0 bridgehead atoms. The van der Waals surface area contributed by atoms with E-state index in [1.807, 2.05) is 4.90 Å². The summed E-state index contributed by atoms with van der Waals surface area (Å²) in [5.74, 6) is 0.128. The summed E-state index contributed by atoms with van der Waals surface area (Å²) in [6, 6.07) is 10.7. The van der Waals surface area contributed by atoms with Gasteiger partial charge in [0.25, 0.3) is 0 Å². The summed E-state index contributed by atoms with van der Waals surface area (Å²) in [5.41, 5.74) is -0.419. The summed E-state index contributed by atoms with van der Waals surface area (Å²) in [6.45, 7) is 0.707. The van der Waals surface area contributed by atoms with Crippen molar-refractivity contribution in [2.45, 2.75) is 24.7 Å². The first kappa shape index (κ1) is 20.1. The van der Waals surface area contributed by atoms with Gasteiger partial charge in [-0.25, -0.2) is 0 Å². The van der Waals surface area contributed by atoms with Crippen LogP contribution in [0.2, 0.25) is 0 Å². The molecule has 150 valence electrons. The van der Waals surface area contributed by atoms with Gasteiger partial charge in [0.1, 0.15) is 6.61 Å². The van der Waals surface area contributed by atoms with E-state index >= 15 is 0 Å². The van der Waals surface area contributed by atoms with Crippen LogP contribution in [0.5, 0.6) is 5.75 Å². The third kappa shape index (κ3) is 4.60. The van der Waals surface area contributed by atoms with E-state index in [1.54, 1.807) is 12.1 Å². The fraction of sp³-hybridized carbons (Fsp3) is 0.368. The standard InChI is InChI=1S/C19H19F3N2O4/c20-19(21,22)14-5-3-4-13(10-14)17-11-15(25)12-23(17)8-9-28-18-7-2-1-6-16(18)24(26)27/h1-7,10,15,17,25H,8-9,11-12H2/t15-,17+/m0/s1. The number of hydrogen-bond donors (Lipinski definition) is 1. The van der Waals surface area contributed by atoms with Crippen LogP contribution in [0.15, 0.2) is 48.5 Å². The average Bonchev–Trinajstić information content (AvgIpc) is 3.02. The molecule has 0 spiro atoms. The first-order valence-electron chi connectivity index (χ1n) is 8.71. The Morgan fingerprint density at radius 2 is 1.96 bits per heavy atom. The van der Waals surface area contributed by atoms with Crippen LogP contribution < -0.4 is 4.74 Å². The van der Waals surface area contributed by atoms with Gasteiger partial charge in [0.15, 0.2) is 5.75 Å². The average molecular weight is 396 g/mol. The molecule has 1 fully saturated rings. The minimum atomic E-state index is -4.44. The number of aliphatic hydroxyl groups excluding tert-OH is 1. The predicted molar refractivity (Wildman–Crippen MR) is 95.0 cm³/mol. The normalized spacial score (nSPS) is 20.3. The van der Waals surface area contributed by atoms with Crippen molar-refractivity contribution in [3.05, 3.63) is 69.8 Å². The maximum atomic E-state index is 13.0. The van der Waals surface area contributed by atoms with E-state index in [2.05, 4.69) is 0 Å².